The van der Waals surface area contributed by atoms with Crippen molar-refractivity contribution in [3.63, 3.8) is 0 Å². The molecule has 2 fully saturated rings. The first-order valence-electron chi connectivity index (χ1n) is 8.16. The van der Waals surface area contributed by atoms with Crippen molar-refractivity contribution in [1.82, 2.24) is 10.2 Å². The van der Waals surface area contributed by atoms with Crippen LogP contribution in [0.5, 0.6) is 0 Å². The standard InChI is InChI=1S/C16H30N2O2/c1-12-6-9-18(13(2)11-12)10-7-14-5-4-8-16(14,17-3)15(19)20/h12-14,17H,4-11H2,1-3H3,(H,19,20). The van der Waals surface area contributed by atoms with Gasteiger partial charge in [-0.05, 0) is 71.0 Å². The molecule has 1 aliphatic heterocycles. The Balaban J connectivity index is 1.91. The van der Waals surface area contributed by atoms with Gasteiger partial charge in [-0.25, -0.2) is 0 Å². The molecule has 0 spiro atoms. The number of nitrogens with one attached hydrogen (secondary N) is 1. The number of aliphatic carboxylic acids is 1. The molecule has 116 valence electrons. The molecule has 0 aromatic rings. The SMILES string of the molecule is CNC1(C(=O)O)CCCC1CCN1CCC(C)CC1C. The summed E-state index contributed by atoms with van der Waals surface area (Å²) in [5, 5.41) is 12.7. The van der Waals surface area contributed by atoms with Gasteiger partial charge in [-0.2, -0.15) is 0 Å². The van der Waals surface area contributed by atoms with Gasteiger partial charge in [0.1, 0.15) is 5.54 Å². The predicted octanol–water partition coefficient (Wildman–Crippen LogP) is 2.34. The molecule has 2 rings (SSSR count). The average molecular weight is 282 g/mol. The van der Waals surface area contributed by atoms with Crippen molar-refractivity contribution in [3.8, 4) is 0 Å². The molecule has 0 radical (unpaired) electrons. The average Bonchev–Trinajstić information content (AvgIpc) is 2.82. The van der Waals surface area contributed by atoms with E-state index in [4.69, 9.17) is 0 Å². The monoisotopic (exact) mass is 282 g/mol. The minimum absolute atomic E-state index is 0.275. The second-order valence-electron chi connectivity index (χ2n) is 6.92. The third-order valence-corrected chi connectivity index (χ3v) is 5.69. The second kappa shape index (κ2) is 6.44. The van der Waals surface area contributed by atoms with E-state index in [0.717, 1.165) is 38.1 Å². The summed E-state index contributed by atoms with van der Waals surface area (Å²) in [6.07, 6.45) is 6.42. The highest BCUT2D eigenvalue weighted by Gasteiger charge is 2.47. The van der Waals surface area contributed by atoms with Crippen molar-refractivity contribution in [2.45, 2.75) is 64.0 Å². The van der Waals surface area contributed by atoms with Crippen LogP contribution in [0.3, 0.4) is 0 Å². The van der Waals surface area contributed by atoms with E-state index < -0.39 is 11.5 Å². The van der Waals surface area contributed by atoms with E-state index in [-0.39, 0.29) is 5.92 Å². The molecule has 4 unspecified atom stereocenters. The first kappa shape index (κ1) is 15.8. The minimum Gasteiger partial charge on any atom is -0.480 e. The van der Waals surface area contributed by atoms with Gasteiger partial charge in [0.05, 0.1) is 0 Å². The third-order valence-electron chi connectivity index (χ3n) is 5.69. The van der Waals surface area contributed by atoms with Gasteiger partial charge in [0.2, 0.25) is 0 Å². The first-order chi connectivity index (χ1) is 9.49. The maximum Gasteiger partial charge on any atom is 0.324 e. The molecular weight excluding hydrogens is 252 g/mol. The Morgan fingerprint density at radius 1 is 1.40 bits per heavy atom. The number of hydrogen-bond donors (Lipinski definition) is 2. The van der Waals surface area contributed by atoms with Crippen LogP contribution in [0.15, 0.2) is 0 Å². The zero-order chi connectivity index (χ0) is 14.8. The lowest BCUT2D eigenvalue weighted by atomic mass is 9.84. The zero-order valence-corrected chi connectivity index (χ0v) is 13.2. The molecule has 1 saturated heterocycles. The van der Waals surface area contributed by atoms with Crippen LogP contribution in [0.25, 0.3) is 0 Å². The van der Waals surface area contributed by atoms with Crippen LogP contribution in [0.4, 0.5) is 0 Å². The van der Waals surface area contributed by atoms with Crippen molar-refractivity contribution in [2.24, 2.45) is 11.8 Å². The van der Waals surface area contributed by atoms with E-state index in [9.17, 15) is 9.90 Å². The molecule has 4 atom stereocenters. The van der Waals surface area contributed by atoms with E-state index in [2.05, 4.69) is 24.1 Å². The molecule has 2 aliphatic rings. The summed E-state index contributed by atoms with van der Waals surface area (Å²) in [4.78, 5) is 14.2. The fourth-order valence-electron chi connectivity index (χ4n) is 4.30. The van der Waals surface area contributed by atoms with Gasteiger partial charge >= 0.3 is 5.97 Å². The smallest absolute Gasteiger partial charge is 0.324 e. The van der Waals surface area contributed by atoms with Gasteiger partial charge in [-0.3, -0.25) is 4.79 Å². The number of carboxylic acid groups (broad SMARTS) is 1. The number of likely N-dealkylation sites (tertiary alicyclic amines) is 1. The van der Waals surface area contributed by atoms with Crippen molar-refractivity contribution >= 4 is 5.97 Å². The zero-order valence-electron chi connectivity index (χ0n) is 13.2. The number of hydrogen-bond acceptors (Lipinski definition) is 3. The Bertz CT molecular complexity index is 347. The fourth-order valence-corrected chi connectivity index (χ4v) is 4.30. The number of carbonyl (C=O) groups is 1. The first-order valence-corrected chi connectivity index (χ1v) is 8.16. The number of likely N-dealkylation sites (N-methyl/N-ethyl adjacent to an activating group) is 1. The van der Waals surface area contributed by atoms with E-state index >= 15 is 0 Å². The summed E-state index contributed by atoms with van der Waals surface area (Å²) in [5.41, 5.74) is -0.674. The molecule has 1 heterocycles. The van der Waals surface area contributed by atoms with Crippen LogP contribution in [-0.4, -0.2) is 47.7 Å². The highest BCUT2D eigenvalue weighted by Crippen LogP contribution is 2.38. The molecule has 0 amide bonds. The maximum atomic E-state index is 11.6. The molecule has 1 aliphatic carbocycles. The lowest BCUT2D eigenvalue weighted by molar-refractivity contribution is -0.146. The second-order valence-corrected chi connectivity index (χ2v) is 6.92. The van der Waals surface area contributed by atoms with Crippen molar-refractivity contribution in [3.05, 3.63) is 0 Å². The van der Waals surface area contributed by atoms with Crippen molar-refractivity contribution in [1.29, 1.82) is 0 Å². The predicted molar refractivity (Wildman–Crippen MR) is 80.8 cm³/mol. The Morgan fingerprint density at radius 3 is 2.75 bits per heavy atom. The molecule has 2 N–H and O–H groups in total. The summed E-state index contributed by atoms with van der Waals surface area (Å²) in [7, 11) is 1.80. The number of nitrogens with zero attached hydrogens (tertiary/aromatic N) is 1. The van der Waals surface area contributed by atoms with E-state index in [1.165, 1.54) is 19.4 Å². The lowest BCUT2D eigenvalue weighted by Gasteiger charge is -2.38. The van der Waals surface area contributed by atoms with E-state index in [1.54, 1.807) is 7.05 Å². The molecule has 4 nitrogen and oxygen atoms in total. The summed E-state index contributed by atoms with van der Waals surface area (Å²) in [6.45, 7) is 6.87. The van der Waals surface area contributed by atoms with Gasteiger partial charge < -0.3 is 15.3 Å². The summed E-state index contributed by atoms with van der Waals surface area (Å²) < 4.78 is 0. The van der Waals surface area contributed by atoms with Crippen molar-refractivity contribution in [2.75, 3.05) is 20.1 Å². The van der Waals surface area contributed by atoms with Crippen LogP contribution < -0.4 is 5.32 Å². The van der Waals surface area contributed by atoms with Crippen LogP contribution in [0.2, 0.25) is 0 Å². The van der Waals surface area contributed by atoms with Crippen LogP contribution in [0.1, 0.15) is 52.4 Å². The Morgan fingerprint density at radius 2 is 2.15 bits per heavy atom. The number of piperidine rings is 1. The summed E-state index contributed by atoms with van der Waals surface area (Å²) in [6, 6.07) is 0.647. The molecule has 20 heavy (non-hydrogen) atoms. The largest absolute Gasteiger partial charge is 0.480 e. The molecular formula is C16H30N2O2. The Labute approximate surface area is 122 Å². The lowest BCUT2D eigenvalue weighted by Crippen LogP contribution is -2.54. The topological polar surface area (TPSA) is 52.6 Å². The molecule has 4 heteroatoms. The molecule has 1 saturated carbocycles. The normalized spacial score (nSPS) is 39.0. The summed E-state index contributed by atoms with van der Waals surface area (Å²) in [5.74, 6) is 0.447. The molecule has 0 aromatic heterocycles. The van der Waals surface area contributed by atoms with E-state index in [0.29, 0.717) is 6.04 Å². The highest BCUT2D eigenvalue weighted by molar-refractivity contribution is 5.79. The highest BCUT2D eigenvalue weighted by atomic mass is 16.4. The maximum absolute atomic E-state index is 11.6. The van der Waals surface area contributed by atoms with Crippen molar-refractivity contribution < 1.29 is 9.90 Å². The summed E-state index contributed by atoms with van der Waals surface area (Å²) >= 11 is 0. The fraction of sp³-hybridized carbons (Fsp3) is 0.938. The van der Waals surface area contributed by atoms with E-state index in [1.807, 2.05) is 0 Å². The van der Waals surface area contributed by atoms with Gasteiger partial charge in [-0.1, -0.05) is 13.3 Å². The van der Waals surface area contributed by atoms with Gasteiger partial charge in [0, 0.05) is 6.04 Å². The van der Waals surface area contributed by atoms with Gasteiger partial charge in [0.25, 0.3) is 0 Å². The molecule has 0 bridgehead atoms. The van der Waals surface area contributed by atoms with Crippen LogP contribution in [-0.2, 0) is 4.79 Å². The van der Waals surface area contributed by atoms with Crippen LogP contribution in [0, 0.1) is 11.8 Å². The quantitative estimate of drug-likeness (QED) is 0.812. The van der Waals surface area contributed by atoms with Gasteiger partial charge in [0.15, 0.2) is 0 Å². The number of carboxylic acids is 1. The molecule has 0 aromatic carbocycles. The third kappa shape index (κ3) is 3.01. The number of rotatable bonds is 5. The Hall–Kier alpha value is -0.610. The Kier molecular flexibility index (Phi) is 5.08. The van der Waals surface area contributed by atoms with Gasteiger partial charge in [-0.15, -0.1) is 0 Å². The van der Waals surface area contributed by atoms with Crippen LogP contribution >= 0.6 is 0 Å². The minimum atomic E-state index is -0.674.